The molecule has 0 radical (unpaired) electrons. The van der Waals surface area contributed by atoms with Crippen LogP contribution in [-0.2, 0) is 4.79 Å². The molecule has 0 aliphatic heterocycles. The van der Waals surface area contributed by atoms with Gasteiger partial charge in [-0.25, -0.2) is 4.79 Å². The number of rotatable bonds is 16. The van der Waals surface area contributed by atoms with Gasteiger partial charge in [-0.3, -0.25) is 0 Å². The van der Waals surface area contributed by atoms with Gasteiger partial charge in [0.1, 0.15) is 11.6 Å². The molecule has 0 atom stereocenters. The molecule has 0 spiro atoms. The van der Waals surface area contributed by atoms with E-state index in [1.54, 1.807) is 12.1 Å². The smallest absolute Gasteiger partial charge is 0.346 e. The van der Waals surface area contributed by atoms with E-state index in [2.05, 4.69) is 6.92 Å². The number of allylic oxidation sites excluding steroid dienone is 1. The van der Waals surface area contributed by atoms with Crippen LogP contribution in [-0.4, -0.2) is 11.1 Å². The molecule has 0 saturated carbocycles. The molecule has 0 unspecified atom stereocenters. The Morgan fingerprint density at radius 2 is 1.22 bits per heavy atom. The van der Waals surface area contributed by atoms with E-state index in [1.165, 1.54) is 77.0 Å². The number of nitrogens with zero attached hydrogens (tertiary/aromatic N) is 1. The van der Waals surface area contributed by atoms with Gasteiger partial charge in [-0.05, 0) is 12.8 Å². The molecule has 3 nitrogen and oxygen atoms in total. The molecule has 0 aromatic heterocycles. The van der Waals surface area contributed by atoms with E-state index in [0.717, 1.165) is 12.8 Å². The van der Waals surface area contributed by atoms with Crippen molar-refractivity contribution in [2.24, 2.45) is 0 Å². The summed E-state index contributed by atoms with van der Waals surface area (Å²) in [4.78, 5) is 10.6. The number of hydrogen-bond acceptors (Lipinski definition) is 2. The summed E-state index contributed by atoms with van der Waals surface area (Å²) < 4.78 is 0. The standard InChI is InChI=1S/C20H35NO2/c1-2-3-4-5-6-7-8-9-10-11-12-13-14-15-16-17-19(18-21)20(22)23/h17H,2-16H2,1H3,(H,22,23). The highest BCUT2D eigenvalue weighted by atomic mass is 16.4. The Morgan fingerprint density at radius 3 is 1.57 bits per heavy atom. The van der Waals surface area contributed by atoms with Crippen molar-refractivity contribution < 1.29 is 9.90 Å². The Labute approximate surface area is 142 Å². The van der Waals surface area contributed by atoms with Crippen molar-refractivity contribution in [3.63, 3.8) is 0 Å². The SMILES string of the molecule is CCCCCCCCCCCCCCCCC=C(C#N)C(=O)O. The summed E-state index contributed by atoms with van der Waals surface area (Å²) in [6.07, 6.45) is 20.7. The van der Waals surface area contributed by atoms with E-state index in [0.29, 0.717) is 6.42 Å². The van der Waals surface area contributed by atoms with Crippen LogP contribution in [0.4, 0.5) is 0 Å². The van der Waals surface area contributed by atoms with Gasteiger partial charge in [0.25, 0.3) is 0 Å². The topological polar surface area (TPSA) is 61.1 Å². The first kappa shape index (κ1) is 21.7. The van der Waals surface area contributed by atoms with Gasteiger partial charge in [0.15, 0.2) is 0 Å². The summed E-state index contributed by atoms with van der Waals surface area (Å²) in [7, 11) is 0. The molecule has 0 amide bonds. The average Bonchev–Trinajstić information content (AvgIpc) is 2.54. The van der Waals surface area contributed by atoms with Crippen molar-refractivity contribution in [2.75, 3.05) is 0 Å². The van der Waals surface area contributed by atoms with Gasteiger partial charge in [0.05, 0.1) is 0 Å². The van der Waals surface area contributed by atoms with Crippen molar-refractivity contribution in [3.8, 4) is 6.07 Å². The monoisotopic (exact) mass is 321 g/mol. The van der Waals surface area contributed by atoms with E-state index in [-0.39, 0.29) is 5.57 Å². The fourth-order valence-electron chi connectivity index (χ4n) is 2.77. The maximum Gasteiger partial charge on any atom is 0.346 e. The lowest BCUT2D eigenvalue weighted by atomic mass is 10.0. The number of carboxylic acid groups (broad SMARTS) is 1. The lowest BCUT2D eigenvalue weighted by Gasteiger charge is -2.02. The largest absolute Gasteiger partial charge is 0.477 e. The second-order valence-electron chi connectivity index (χ2n) is 6.42. The zero-order chi connectivity index (χ0) is 17.2. The molecule has 0 heterocycles. The zero-order valence-electron chi connectivity index (χ0n) is 15.0. The summed E-state index contributed by atoms with van der Waals surface area (Å²) in [5, 5.41) is 17.3. The van der Waals surface area contributed by atoms with E-state index in [1.807, 2.05) is 0 Å². The molecule has 0 aromatic rings. The minimum absolute atomic E-state index is 0.125. The van der Waals surface area contributed by atoms with Crippen molar-refractivity contribution in [1.82, 2.24) is 0 Å². The van der Waals surface area contributed by atoms with Crippen molar-refractivity contribution in [3.05, 3.63) is 11.6 Å². The number of unbranched alkanes of at least 4 members (excludes halogenated alkanes) is 14. The molecule has 0 aliphatic carbocycles. The Hall–Kier alpha value is -1.30. The van der Waals surface area contributed by atoms with Gasteiger partial charge >= 0.3 is 5.97 Å². The number of hydrogen-bond donors (Lipinski definition) is 1. The van der Waals surface area contributed by atoms with E-state index in [4.69, 9.17) is 10.4 Å². The third kappa shape index (κ3) is 15.4. The molecule has 132 valence electrons. The summed E-state index contributed by atoms with van der Waals surface area (Å²) in [6, 6.07) is 1.71. The summed E-state index contributed by atoms with van der Waals surface area (Å²) >= 11 is 0. The predicted octanol–water partition coefficient (Wildman–Crippen LogP) is 6.39. The highest BCUT2D eigenvalue weighted by molar-refractivity contribution is 5.90. The number of carboxylic acids is 1. The molecule has 23 heavy (non-hydrogen) atoms. The van der Waals surface area contributed by atoms with Crippen LogP contribution >= 0.6 is 0 Å². The Balaban J connectivity index is 3.22. The van der Waals surface area contributed by atoms with Crippen LogP contribution in [0.25, 0.3) is 0 Å². The average molecular weight is 322 g/mol. The second kappa shape index (κ2) is 17.1. The van der Waals surface area contributed by atoms with Gasteiger partial charge in [-0.1, -0.05) is 96.5 Å². The molecule has 3 heteroatoms. The third-order valence-electron chi connectivity index (χ3n) is 4.26. The van der Waals surface area contributed by atoms with Crippen molar-refractivity contribution in [2.45, 2.75) is 103 Å². The van der Waals surface area contributed by atoms with Crippen LogP contribution in [0.2, 0.25) is 0 Å². The first-order chi connectivity index (χ1) is 11.2. The normalized spacial score (nSPS) is 11.4. The van der Waals surface area contributed by atoms with Gasteiger partial charge in [0.2, 0.25) is 0 Å². The van der Waals surface area contributed by atoms with E-state index in [9.17, 15) is 4.79 Å². The highest BCUT2D eigenvalue weighted by Crippen LogP contribution is 2.13. The fraction of sp³-hybridized carbons (Fsp3) is 0.800. The summed E-state index contributed by atoms with van der Waals surface area (Å²) in [5.74, 6) is -1.11. The molecule has 0 aromatic carbocycles. The van der Waals surface area contributed by atoms with Crippen molar-refractivity contribution >= 4 is 5.97 Å². The maximum absolute atomic E-state index is 10.6. The quantitative estimate of drug-likeness (QED) is 0.203. The molecule has 0 bridgehead atoms. The van der Waals surface area contributed by atoms with E-state index < -0.39 is 5.97 Å². The number of carbonyl (C=O) groups is 1. The lowest BCUT2D eigenvalue weighted by molar-refractivity contribution is -0.132. The molecular weight excluding hydrogens is 286 g/mol. The minimum atomic E-state index is -1.11. The fourth-order valence-corrected chi connectivity index (χ4v) is 2.77. The highest BCUT2D eigenvalue weighted by Gasteiger charge is 2.03. The predicted molar refractivity (Wildman–Crippen MR) is 96.3 cm³/mol. The second-order valence-corrected chi connectivity index (χ2v) is 6.42. The summed E-state index contributed by atoms with van der Waals surface area (Å²) in [5.41, 5.74) is -0.125. The number of nitriles is 1. The van der Waals surface area contributed by atoms with Gasteiger partial charge in [-0.15, -0.1) is 0 Å². The summed E-state index contributed by atoms with van der Waals surface area (Å²) in [6.45, 7) is 2.26. The number of aliphatic carboxylic acids is 1. The van der Waals surface area contributed by atoms with Crippen LogP contribution in [0.5, 0.6) is 0 Å². The molecule has 0 saturated heterocycles. The van der Waals surface area contributed by atoms with E-state index >= 15 is 0 Å². The minimum Gasteiger partial charge on any atom is -0.477 e. The molecule has 1 N–H and O–H groups in total. The van der Waals surface area contributed by atoms with Crippen LogP contribution in [0.15, 0.2) is 11.6 Å². The van der Waals surface area contributed by atoms with Gasteiger partial charge in [-0.2, -0.15) is 5.26 Å². The van der Waals surface area contributed by atoms with Crippen LogP contribution in [0.1, 0.15) is 103 Å². The van der Waals surface area contributed by atoms with Gasteiger partial charge < -0.3 is 5.11 Å². The van der Waals surface area contributed by atoms with Crippen molar-refractivity contribution in [1.29, 1.82) is 5.26 Å². The molecule has 0 fully saturated rings. The zero-order valence-corrected chi connectivity index (χ0v) is 15.0. The first-order valence-electron chi connectivity index (χ1n) is 9.56. The lowest BCUT2D eigenvalue weighted by Crippen LogP contribution is -1.97. The van der Waals surface area contributed by atoms with Gasteiger partial charge in [0, 0.05) is 0 Å². The Bertz CT molecular complexity index is 355. The third-order valence-corrected chi connectivity index (χ3v) is 4.26. The van der Waals surface area contributed by atoms with Crippen LogP contribution in [0.3, 0.4) is 0 Å². The maximum atomic E-state index is 10.6. The molecule has 0 aliphatic rings. The van der Waals surface area contributed by atoms with Crippen LogP contribution in [0, 0.1) is 11.3 Å². The molecule has 0 rings (SSSR count). The molecular formula is C20H35NO2. The Morgan fingerprint density at radius 1 is 0.826 bits per heavy atom. The van der Waals surface area contributed by atoms with Crippen LogP contribution < -0.4 is 0 Å². The Kier molecular flexibility index (Phi) is 16.1. The first-order valence-corrected chi connectivity index (χ1v) is 9.56.